The maximum Gasteiger partial charge on any atom is 0.134 e. The lowest BCUT2D eigenvalue weighted by Gasteiger charge is -2.12. The highest BCUT2D eigenvalue weighted by atomic mass is 32.2. The minimum atomic E-state index is 0.218. The molecule has 0 aliphatic heterocycles. The first-order valence-electron chi connectivity index (χ1n) is 6.93. The first-order chi connectivity index (χ1) is 9.06. The molecule has 0 fully saturated rings. The Bertz CT molecular complexity index is 385. The predicted molar refractivity (Wildman–Crippen MR) is 81.9 cm³/mol. The van der Waals surface area contributed by atoms with Gasteiger partial charge in [-0.15, -0.1) is 11.8 Å². The second-order valence-electron chi connectivity index (χ2n) is 5.13. The summed E-state index contributed by atoms with van der Waals surface area (Å²) in [6, 6.07) is 2.00. The van der Waals surface area contributed by atoms with Crippen LogP contribution < -0.4 is 5.32 Å². The molecule has 0 radical (unpaired) electrons. The summed E-state index contributed by atoms with van der Waals surface area (Å²) in [4.78, 5) is 9.11. The van der Waals surface area contributed by atoms with Gasteiger partial charge in [0.15, 0.2) is 0 Å². The van der Waals surface area contributed by atoms with Crippen molar-refractivity contribution in [3.8, 4) is 0 Å². The highest BCUT2D eigenvalue weighted by Gasteiger charge is 2.09. The van der Waals surface area contributed by atoms with Crippen molar-refractivity contribution in [1.29, 1.82) is 0 Å². The van der Waals surface area contributed by atoms with E-state index in [-0.39, 0.29) is 12.5 Å². The molecule has 1 unspecified atom stereocenters. The fraction of sp³-hybridized carbons (Fsp3) is 0.714. The normalized spacial score (nSPS) is 12.7. The fourth-order valence-corrected chi connectivity index (χ4v) is 2.31. The van der Waals surface area contributed by atoms with Gasteiger partial charge in [-0.25, -0.2) is 9.97 Å². The predicted octanol–water partition coefficient (Wildman–Crippen LogP) is 3.14. The van der Waals surface area contributed by atoms with Crippen molar-refractivity contribution in [2.24, 2.45) is 5.92 Å². The standard InChI is InChI=1S/C14H25N3OS/c1-5-6-15-12-7-13(19-9-11(4)8-18)17-14(16-12)10(2)3/h7,10-11,18H,5-6,8-9H2,1-4H3,(H,15,16,17). The lowest BCUT2D eigenvalue weighted by molar-refractivity contribution is 0.250. The molecule has 1 atom stereocenters. The first kappa shape index (κ1) is 16.2. The van der Waals surface area contributed by atoms with Crippen LogP contribution >= 0.6 is 11.8 Å². The minimum absolute atomic E-state index is 0.218. The molecule has 0 aliphatic carbocycles. The third kappa shape index (κ3) is 5.78. The maximum absolute atomic E-state index is 9.07. The van der Waals surface area contributed by atoms with E-state index in [4.69, 9.17) is 5.11 Å². The van der Waals surface area contributed by atoms with Gasteiger partial charge in [-0.3, -0.25) is 0 Å². The largest absolute Gasteiger partial charge is 0.396 e. The highest BCUT2D eigenvalue weighted by molar-refractivity contribution is 7.99. The van der Waals surface area contributed by atoms with Gasteiger partial charge in [-0.2, -0.15) is 0 Å². The van der Waals surface area contributed by atoms with Crippen LogP contribution in [0.2, 0.25) is 0 Å². The summed E-state index contributed by atoms with van der Waals surface area (Å²) in [5, 5.41) is 13.4. The summed E-state index contributed by atoms with van der Waals surface area (Å²) >= 11 is 1.68. The van der Waals surface area contributed by atoms with Crippen molar-refractivity contribution in [2.45, 2.75) is 45.1 Å². The molecule has 1 rings (SSSR count). The van der Waals surface area contributed by atoms with Crippen molar-refractivity contribution in [2.75, 3.05) is 24.2 Å². The second-order valence-corrected chi connectivity index (χ2v) is 6.17. The zero-order valence-corrected chi connectivity index (χ0v) is 13.1. The SMILES string of the molecule is CCCNc1cc(SCC(C)CO)nc(C(C)C)n1. The zero-order chi connectivity index (χ0) is 14.3. The molecule has 1 aromatic rings. The lowest BCUT2D eigenvalue weighted by atomic mass is 10.2. The van der Waals surface area contributed by atoms with Gasteiger partial charge in [0.25, 0.3) is 0 Å². The minimum Gasteiger partial charge on any atom is -0.396 e. The number of nitrogens with one attached hydrogen (secondary N) is 1. The van der Waals surface area contributed by atoms with Crippen LogP contribution in [0.5, 0.6) is 0 Å². The smallest absolute Gasteiger partial charge is 0.134 e. The number of nitrogens with zero attached hydrogens (tertiary/aromatic N) is 2. The van der Waals surface area contributed by atoms with Gasteiger partial charge in [-0.1, -0.05) is 27.7 Å². The van der Waals surface area contributed by atoms with Crippen LogP contribution in [0.15, 0.2) is 11.1 Å². The molecule has 0 saturated carbocycles. The molecule has 0 bridgehead atoms. The first-order valence-corrected chi connectivity index (χ1v) is 7.91. The Morgan fingerprint density at radius 2 is 2.05 bits per heavy atom. The number of aliphatic hydroxyl groups is 1. The summed E-state index contributed by atoms with van der Waals surface area (Å²) in [5.41, 5.74) is 0. The van der Waals surface area contributed by atoms with Crippen molar-refractivity contribution in [1.82, 2.24) is 9.97 Å². The van der Waals surface area contributed by atoms with Gasteiger partial charge in [0, 0.05) is 30.9 Å². The van der Waals surface area contributed by atoms with Gasteiger partial charge in [-0.05, 0) is 12.3 Å². The Balaban J connectivity index is 2.80. The third-order valence-electron chi connectivity index (χ3n) is 2.62. The van der Waals surface area contributed by atoms with Crippen molar-refractivity contribution < 1.29 is 5.11 Å². The molecule has 0 saturated heterocycles. The van der Waals surface area contributed by atoms with E-state index in [2.05, 4.69) is 36.1 Å². The summed E-state index contributed by atoms with van der Waals surface area (Å²) in [6.45, 7) is 9.51. The quantitative estimate of drug-likeness (QED) is 0.567. The maximum atomic E-state index is 9.07. The number of hydrogen-bond donors (Lipinski definition) is 2. The van der Waals surface area contributed by atoms with Crippen LogP contribution in [0.25, 0.3) is 0 Å². The van der Waals surface area contributed by atoms with Gasteiger partial charge in [0.1, 0.15) is 16.7 Å². The Kier molecular flexibility index (Phi) is 7.16. The van der Waals surface area contributed by atoms with Crippen LogP contribution in [0.1, 0.15) is 45.9 Å². The Morgan fingerprint density at radius 3 is 2.63 bits per heavy atom. The van der Waals surface area contributed by atoms with Crippen LogP contribution in [0.3, 0.4) is 0 Å². The molecule has 5 heteroatoms. The van der Waals surface area contributed by atoms with Crippen LogP contribution in [-0.4, -0.2) is 34.0 Å². The molecule has 0 aliphatic rings. The van der Waals surface area contributed by atoms with Crippen molar-refractivity contribution in [3.05, 3.63) is 11.9 Å². The van der Waals surface area contributed by atoms with E-state index in [0.717, 1.165) is 35.4 Å². The summed E-state index contributed by atoms with van der Waals surface area (Å²) < 4.78 is 0. The zero-order valence-electron chi connectivity index (χ0n) is 12.3. The molecule has 4 nitrogen and oxygen atoms in total. The van der Waals surface area contributed by atoms with Crippen molar-refractivity contribution >= 4 is 17.6 Å². The Hall–Kier alpha value is -0.810. The van der Waals surface area contributed by atoms with Crippen LogP contribution in [0, 0.1) is 5.92 Å². The molecule has 0 aromatic carbocycles. The second kappa shape index (κ2) is 8.38. The molecular weight excluding hydrogens is 258 g/mol. The average molecular weight is 283 g/mol. The van der Waals surface area contributed by atoms with Gasteiger partial charge >= 0.3 is 0 Å². The number of rotatable bonds is 8. The molecule has 1 heterocycles. The molecular formula is C14H25N3OS. The fourth-order valence-electron chi connectivity index (χ4n) is 1.40. The van der Waals surface area contributed by atoms with Gasteiger partial charge in [0.05, 0.1) is 0 Å². The summed E-state index contributed by atoms with van der Waals surface area (Å²) in [6.07, 6.45) is 1.07. The van der Waals surface area contributed by atoms with Crippen molar-refractivity contribution in [3.63, 3.8) is 0 Å². The van der Waals surface area contributed by atoms with E-state index in [0.29, 0.717) is 5.92 Å². The number of aromatic nitrogens is 2. The molecule has 108 valence electrons. The molecule has 2 N–H and O–H groups in total. The average Bonchev–Trinajstić information content (AvgIpc) is 2.42. The lowest BCUT2D eigenvalue weighted by Crippen LogP contribution is -2.08. The van der Waals surface area contributed by atoms with Crippen LogP contribution in [0.4, 0.5) is 5.82 Å². The number of hydrogen-bond acceptors (Lipinski definition) is 5. The van der Waals surface area contributed by atoms with E-state index in [1.165, 1.54) is 0 Å². The molecule has 19 heavy (non-hydrogen) atoms. The monoisotopic (exact) mass is 283 g/mol. The number of aliphatic hydroxyl groups excluding tert-OH is 1. The van der Waals surface area contributed by atoms with E-state index < -0.39 is 0 Å². The number of thioether (sulfide) groups is 1. The van der Waals surface area contributed by atoms with Crippen LogP contribution in [-0.2, 0) is 0 Å². The molecule has 1 aromatic heterocycles. The number of anilines is 1. The Labute approximate surface area is 120 Å². The molecule has 0 amide bonds. The Morgan fingerprint density at radius 1 is 1.32 bits per heavy atom. The van der Waals surface area contributed by atoms with E-state index in [9.17, 15) is 0 Å². The molecule has 0 spiro atoms. The van der Waals surface area contributed by atoms with E-state index in [1.54, 1.807) is 11.8 Å². The van der Waals surface area contributed by atoms with E-state index in [1.807, 2.05) is 13.0 Å². The van der Waals surface area contributed by atoms with Gasteiger partial charge < -0.3 is 10.4 Å². The third-order valence-corrected chi connectivity index (χ3v) is 3.86. The summed E-state index contributed by atoms with van der Waals surface area (Å²) in [7, 11) is 0. The van der Waals surface area contributed by atoms with Gasteiger partial charge in [0.2, 0.25) is 0 Å². The highest BCUT2D eigenvalue weighted by Crippen LogP contribution is 2.23. The van der Waals surface area contributed by atoms with E-state index >= 15 is 0 Å². The summed E-state index contributed by atoms with van der Waals surface area (Å²) in [5.74, 6) is 3.26. The topological polar surface area (TPSA) is 58.0 Å².